The Bertz CT molecular complexity index is 422. The highest BCUT2D eigenvalue weighted by molar-refractivity contribution is 5.68. The molecule has 1 aliphatic heterocycles. The molecular formula is C11H17N3O3. The molecule has 17 heavy (non-hydrogen) atoms. The van der Waals surface area contributed by atoms with Gasteiger partial charge in [0.1, 0.15) is 5.60 Å². The van der Waals surface area contributed by atoms with Crippen molar-refractivity contribution in [1.82, 2.24) is 10.1 Å². The molecule has 2 heterocycles. The molecule has 0 aromatic carbocycles. The Hall–Kier alpha value is -1.56. The Morgan fingerprint density at radius 3 is 3.00 bits per heavy atom. The number of hydrogen-bond acceptors (Lipinski definition) is 5. The number of hydrogen-bond donors (Lipinski definition) is 1. The third kappa shape index (κ3) is 2.58. The summed E-state index contributed by atoms with van der Waals surface area (Å²) in [4.78, 5) is 13.4. The maximum atomic E-state index is 11.9. The minimum absolute atomic E-state index is 0.266. The van der Waals surface area contributed by atoms with E-state index < -0.39 is 5.60 Å². The van der Waals surface area contributed by atoms with Gasteiger partial charge in [-0.15, -0.1) is 0 Å². The van der Waals surface area contributed by atoms with E-state index in [-0.39, 0.29) is 12.1 Å². The first kappa shape index (κ1) is 11.9. The third-order valence-electron chi connectivity index (χ3n) is 2.48. The average Bonchev–Trinajstić information content (AvgIpc) is 2.63. The van der Waals surface area contributed by atoms with E-state index in [1.807, 2.05) is 20.8 Å². The minimum Gasteiger partial charge on any atom is -0.444 e. The Labute approximate surface area is 99.7 Å². The van der Waals surface area contributed by atoms with Gasteiger partial charge in [-0.05, 0) is 20.8 Å². The van der Waals surface area contributed by atoms with E-state index in [1.165, 1.54) is 4.90 Å². The lowest BCUT2D eigenvalue weighted by Gasteiger charge is -2.31. The summed E-state index contributed by atoms with van der Waals surface area (Å²) in [6.07, 6.45) is 1.22. The lowest BCUT2D eigenvalue weighted by molar-refractivity contribution is 0.0186. The van der Waals surface area contributed by atoms with Crippen molar-refractivity contribution in [2.45, 2.75) is 39.0 Å². The summed E-state index contributed by atoms with van der Waals surface area (Å²) in [6, 6.07) is -0.266. The van der Waals surface area contributed by atoms with Gasteiger partial charge in [0.05, 0.1) is 18.8 Å². The standard InChI is InChI=1S/C11H17N3O3/c1-11(2,3)16-10(15)14-5-8(12)7-4-13-17-9(7)6-14/h4,8H,5-6,12H2,1-3H3. The molecule has 6 nitrogen and oxygen atoms in total. The highest BCUT2D eigenvalue weighted by atomic mass is 16.6. The molecule has 1 aromatic heterocycles. The quantitative estimate of drug-likeness (QED) is 0.740. The largest absolute Gasteiger partial charge is 0.444 e. The molecule has 1 aromatic rings. The molecule has 2 N–H and O–H groups in total. The van der Waals surface area contributed by atoms with Crippen LogP contribution in [-0.4, -0.2) is 28.3 Å². The fourth-order valence-electron chi connectivity index (χ4n) is 1.73. The summed E-state index contributed by atoms with van der Waals surface area (Å²) >= 11 is 0. The Morgan fingerprint density at radius 2 is 2.35 bits per heavy atom. The lowest BCUT2D eigenvalue weighted by atomic mass is 10.0. The second kappa shape index (κ2) is 4.03. The van der Waals surface area contributed by atoms with Crippen molar-refractivity contribution >= 4 is 6.09 Å². The first-order chi connectivity index (χ1) is 7.87. The van der Waals surface area contributed by atoms with Crippen LogP contribution in [0.4, 0.5) is 4.79 Å². The molecule has 0 bridgehead atoms. The van der Waals surface area contributed by atoms with Crippen LogP contribution in [0.25, 0.3) is 0 Å². The molecule has 1 aliphatic rings. The normalized spacial score (nSPS) is 20.0. The van der Waals surface area contributed by atoms with Crippen LogP contribution in [0.3, 0.4) is 0 Å². The van der Waals surface area contributed by atoms with Gasteiger partial charge in [0, 0.05) is 12.1 Å². The predicted molar refractivity (Wildman–Crippen MR) is 60.1 cm³/mol. The lowest BCUT2D eigenvalue weighted by Crippen LogP contribution is -2.43. The first-order valence-electron chi connectivity index (χ1n) is 5.54. The molecule has 0 aliphatic carbocycles. The van der Waals surface area contributed by atoms with Gasteiger partial charge in [0.25, 0.3) is 0 Å². The average molecular weight is 239 g/mol. The van der Waals surface area contributed by atoms with E-state index in [1.54, 1.807) is 6.20 Å². The zero-order valence-electron chi connectivity index (χ0n) is 10.3. The summed E-state index contributed by atoms with van der Waals surface area (Å²) in [5, 5.41) is 3.69. The van der Waals surface area contributed by atoms with Gasteiger partial charge in [0.15, 0.2) is 5.76 Å². The highest BCUT2D eigenvalue weighted by Crippen LogP contribution is 2.25. The van der Waals surface area contributed by atoms with E-state index in [9.17, 15) is 4.79 Å². The molecule has 1 atom stereocenters. The van der Waals surface area contributed by atoms with E-state index >= 15 is 0 Å². The molecule has 0 fully saturated rings. The van der Waals surface area contributed by atoms with Crippen LogP contribution in [0.15, 0.2) is 10.7 Å². The fourth-order valence-corrected chi connectivity index (χ4v) is 1.73. The van der Waals surface area contributed by atoms with Gasteiger partial charge in [-0.1, -0.05) is 5.16 Å². The van der Waals surface area contributed by atoms with Crippen LogP contribution in [-0.2, 0) is 11.3 Å². The SMILES string of the molecule is CC(C)(C)OC(=O)N1Cc2oncc2C(N)C1. The van der Waals surface area contributed by atoms with Crippen LogP contribution in [0.1, 0.15) is 38.1 Å². The van der Waals surface area contributed by atoms with Gasteiger partial charge >= 0.3 is 6.09 Å². The zero-order valence-corrected chi connectivity index (χ0v) is 10.3. The number of carbonyl (C=O) groups is 1. The number of nitrogens with zero attached hydrogens (tertiary/aromatic N) is 2. The molecule has 94 valence electrons. The van der Waals surface area contributed by atoms with E-state index in [4.69, 9.17) is 15.0 Å². The maximum absolute atomic E-state index is 11.9. The van der Waals surface area contributed by atoms with Crippen LogP contribution >= 0.6 is 0 Å². The van der Waals surface area contributed by atoms with Crippen molar-refractivity contribution in [2.75, 3.05) is 6.54 Å². The van der Waals surface area contributed by atoms with Crippen molar-refractivity contribution in [3.05, 3.63) is 17.5 Å². The number of rotatable bonds is 0. The number of fused-ring (bicyclic) bond motifs is 1. The Balaban J connectivity index is 2.09. The van der Waals surface area contributed by atoms with E-state index in [0.717, 1.165) is 5.56 Å². The van der Waals surface area contributed by atoms with Crippen molar-refractivity contribution in [3.63, 3.8) is 0 Å². The Kier molecular flexibility index (Phi) is 2.82. The topological polar surface area (TPSA) is 81.6 Å². The van der Waals surface area contributed by atoms with Crippen molar-refractivity contribution < 1.29 is 14.1 Å². The van der Waals surface area contributed by atoms with Crippen LogP contribution in [0, 0.1) is 0 Å². The van der Waals surface area contributed by atoms with Gasteiger partial charge in [0.2, 0.25) is 0 Å². The smallest absolute Gasteiger partial charge is 0.410 e. The molecule has 0 spiro atoms. The van der Waals surface area contributed by atoms with Crippen molar-refractivity contribution in [1.29, 1.82) is 0 Å². The van der Waals surface area contributed by atoms with Gasteiger partial charge in [-0.25, -0.2) is 4.79 Å². The number of carbonyl (C=O) groups excluding carboxylic acids is 1. The van der Waals surface area contributed by atoms with Gasteiger partial charge < -0.3 is 15.0 Å². The van der Waals surface area contributed by atoms with E-state index in [2.05, 4.69) is 5.16 Å². The molecule has 0 saturated heterocycles. The summed E-state index contributed by atoms with van der Waals surface area (Å²) in [5.74, 6) is 0.634. The fraction of sp³-hybridized carbons (Fsp3) is 0.636. The molecule has 0 saturated carbocycles. The second-order valence-corrected chi connectivity index (χ2v) is 5.17. The Morgan fingerprint density at radius 1 is 1.65 bits per heavy atom. The van der Waals surface area contributed by atoms with Crippen LogP contribution in [0.5, 0.6) is 0 Å². The summed E-state index contributed by atoms with van der Waals surface area (Å²) in [5.41, 5.74) is 6.29. The molecule has 1 amide bonds. The van der Waals surface area contributed by atoms with Crippen molar-refractivity contribution in [2.24, 2.45) is 5.73 Å². The number of ether oxygens (including phenoxy) is 1. The highest BCUT2D eigenvalue weighted by Gasteiger charge is 2.31. The van der Waals surface area contributed by atoms with Crippen LogP contribution in [0.2, 0.25) is 0 Å². The number of nitrogens with two attached hydrogens (primary N) is 1. The molecule has 2 rings (SSSR count). The summed E-state index contributed by atoms with van der Waals surface area (Å²) in [6.45, 7) is 6.26. The molecular weight excluding hydrogens is 222 g/mol. The second-order valence-electron chi connectivity index (χ2n) is 5.17. The molecule has 0 radical (unpaired) electrons. The van der Waals surface area contributed by atoms with Crippen LogP contribution < -0.4 is 5.73 Å². The van der Waals surface area contributed by atoms with Gasteiger partial charge in [-0.3, -0.25) is 4.90 Å². The zero-order chi connectivity index (χ0) is 12.6. The van der Waals surface area contributed by atoms with E-state index in [0.29, 0.717) is 18.8 Å². The number of aromatic nitrogens is 1. The first-order valence-corrected chi connectivity index (χ1v) is 5.54. The van der Waals surface area contributed by atoms with Gasteiger partial charge in [-0.2, -0.15) is 0 Å². The summed E-state index contributed by atoms with van der Waals surface area (Å²) in [7, 11) is 0. The van der Waals surface area contributed by atoms with Crippen molar-refractivity contribution in [3.8, 4) is 0 Å². The molecule has 6 heteroatoms. The molecule has 1 unspecified atom stereocenters. The third-order valence-corrected chi connectivity index (χ3v) is 2.48. The predicted octanol–water partition coefficient (Wildman–Crippen LogP) is 1.43. The minimum atomic E-state index is -0.511. The number of amides is 1. The maximum Gasteiger partial charge on any atom is 0.410 e. The monoisotopic (exact) mass is 239 g/mol. The summed E-state index contributed by atoms with van der Waals surface area (Å²) < 4.78 is 10.3.